The molecule has 2 aromatic carbocycles. The number of carboxylic acids is 1. The van der Waals surface area contributed by atoms with E-state index >= 15 is 0 Å². The quantitative estimate of drug-likeness (QED) is 0.232. The number of methoxy groups -OCH3 is 2. The van der Waals surface area contributed by atoms with Crippen molar-refractivity contribution in [3.8, 4) is 17.4 Å². The molecule has 40 heavy (non-hydrogen) atoms. The highest BCUT2D eigenvalue weighted by atomic mass is 16.5. The van der Waals surface area contributed by atoms with Crippen molar-refractivity contribution in [3.05, 3.63) is 83.4 Å². The van der Waals surface area contributed by atoms with Crippen LogP contribution in [-0.2, 0) is 4.79 Å². The summed E-state index contributed by atoms with van der Waals surface area (Å²) in [5.74, 6) is -3.21. The van der Waals surface area contributed by atoms with Crippen molar-refractivity contribution in [2.75, 3.05) is 20.8 Å². The van der Waals surface area contributed by atoms with Crippen molar-refractivity contribution < 1.29 is 34.1 Å². The normalized spacial score (nSPS) is 12.3. The van der Waals surface area contributed by atoms with Gasteiger partial charge in [0.2, 0.25) is 11.7 Å². The first-order valence-corrected chi connectivity index (χ1v) is 12.2. The molecule has 0 aliphatic heterocycles. The lowest BCUT2D eigenvalue weighted by atomic mass is 10.0. The van der Waals surface area contributed by atoms with Gasteiger partial charge in [-0.1, -0.05) is 25.1 Å². The molecular weight excluding hydrogens is 518 g/mol. The highest BCUT2D eigenvalue weighted by Gasteiger charge is 2.24. The second kappa shape index (κ2) is 12.1. The number of hydrogen-bond donors (Lipinski definition) is 4. The highest BCUT2D eigenvalue weighted by Crippen LogP contribution is 2.27. The third-order valence-electron chi connectivity index (χ3n) is 6.14. The number of amides is 2. The number of fused-ring (bicyclic) bond motifs is 1. The Morgan fingerprint density at radius 3 is 2.27 bits per heavy atom. The van der Waals surface area contributed by atoms with Crippen LogP contribution in [0.1, 0.15) is 45.2 Å². The summed E-state index contributed by atoms with van der Waals surface area (Å²) >= 11 is 0. The summed E-state index contributed by atoms with van der Waals surface area (Å²) in [5, 5.41) is 25.5. The van der Waals surface area contributed by atoms with Crippen LogP contribution in [-0.4, -0.2) is 63.7 Å². The minimum atomic E-state index is -1.08. The standard InChI is InChI=1S/C28H27N5O7/c1-15(28(37)38)13-30-27(36)24-29-14-20(26(35)33-24)25(34)32-23(16-4-7-18(39-2)8-5-16)22-10-6-17-12-19(40-3)9-11-21(17)31-22/h4-12,14-15,23H,13H2,1-3H3,(H,30,36)(H,32,34)(H,37,38)(H,29,33,35)/t15-,23?/m0/s1. The van der Waals surface area contributed by atoms with Crippen LogP contribution in [0.15, 0.2) is 60.8 Å². The Morgan fingerprint density at radius 2 is 1.62 bits per heavy atom. The molecule has 0 aliphatic rings. The molecule has 0 fully saturated rings. The zero-order valence-corrected chi connectivity index (χ0v) is 21.9. The number of carbonyl (C=O) groups excluding carboxylic acids is 2. The summed E-state index contributed by atoms with van der Waals surface area (Å²) in [6, 6.07) is 15.4. The number of pyridine rings is 1. The number of nitrogens with one attached hydrogen (secondary N) is 2. The third-order valence-corrected chi connectivity index (χ3v) is 6.14. The summed E-state index contributed by atoms with van der Waals surface area (Å²) in [7, 11) is 3.13. The molecule has 206 valence electrons. The van der Waals surface area contributed by atoms with E-state index in [1.165, 1.54) is 6.92 Å². The summed E-state index contributed by atoms with van der Waals surface area (Å²) in [6.07, 6.45) is 1.03. The van der Waals surface area contributed by atoms with Crippen LogP contribution in [0.5, 0.6) is 17.4 Å². The van der Waals surface area contributed by atoms with E-state index in [1.54, 1.807) is 50.6 Å². The number of aromatic nitrogens is 3. The monoisotopic (exact) mass is 545 g/mol. The van der Waals surface area contributed by atoms with E-state index in [2.05, 4.69) is 20.6 Å². The SMILES string of the molecule is COc1ccc(C(NC(=O)c2cnc(C(=O)NC[C@H](C)C(=O)O)nc2O)c2ccc3cc(OC)ccc3n2)cc1. The summed E-state index contributed by atoms with van der Waals surface area (Å²) < 4.78 is 10.5. The van der Waals surface area contributed by atoms with E-state index < -0.39 is 41.4 Å². The fourth-order valence-corrected chi connectivity index (χ4v) is 3.79. The molecule has 0 saturated carbocycles. The van der Waals surface area contributed by atoms with Gasteiger partial charge in [0.1, 0.15) is 17.1 Å². The van der Waals surface area contributed by atoms with Crippen molar-refractivity contribution in [1.29, 1.82) is 0 Å². The first-order chi connectivity index (χ1) is 19.2. The van der Waals surface area contributed by atoms with E-state index in [0.29, 0.717) is 28.3 Å². The Morgan fingerprint density at radius 1 is 0.925 bits per heavy atom. The van der Waals surface area contributed by atoms with Crippen LogP contribution >= 0.6 is 0 Å². The molecule has 0 bridgehead atoms. The van der Waals surface area contributed by atoms with Gasteiger partial charge in [-0.05, 0) is 42.0 Å². The largest absolute Gasteiger partial charge is 0.497 e. The lowest BCUT2D eigenvalue weighted by molar-refractivity contribution is -0.140. The lowest BCUT2D eigenvalue weighted by Crippen LogP contribution is -2.33. The Balaban J connectivity index is 1.61. The number of hydrogen-bond acceptors (Lipinski definition) is 9. The zero-order chi connectivity index (χ0) is 28.8. The highest BCUT2D eigenvalue weighted by molar-refractivity contribution is 5.97. The number of carboxylic acid groups (broad SMARTS) is 1. The van der Waals surface area contributed by atoms with E-state index in [9.17, 15) is 19.5 Å². The molecule has 2 amide bonds. The van der Waals surface area contributed by atoms with Gasteiger partial charge < -0.3 is 30.3 Å². The molecule has 0 radical (unpaired) electrons. The molecule has 0 saturated heterocycles. The molecule has 2 atom stereocenters. The fourth-order valence-electron chi connectivity index (χ4n) is 3.79. The Hall–Kier alpha value is -5.26. The number of benzene rings is 2. The van der Waals surface area contributed by atoms with Crippen molar-refractivity contribution in [2.24, 2.45) is 5.92 Å². The number of rotatable bonds is 10. The Kier molecular flexibility index (Phi) is 8.38. The third kappa shape index (κ3) is 6.23. The maximum atomic E-state index is 13.3. The van der Waals surface area contributed by atoms with Crippen LogP contribution in [0.3, 0.4) is 0 Å². The number of carbonyl (C=O) groups is 3. The van der Waals surface area contributed by atoms with Crippen molar-refractivity contribution >= 4 is 28.7 Å². The average molecular weight is 546 g/mol. The Labute approximate surface area is 229 Å². The first-order valence-electron chi connectivity index (χ1n) is 12.2. The first kappa shape index (κ1) is 27.8. The molecule has 12 nitrogen and oxygen atoms in total. The van der Waals surface area contributed by atoms with Gasteiger partial charge in [0.15, 0.2) is 0 Å². The van der Waals surface area contributed by atoms with Crippen LogP contribution in [0.4, 0.5) is 0 Å². The average Bonchev–Trinajstić information content (AvgIpc) is 2.97. The topological polar surface area (TPSA) is 173 Å². The summed E-state index contributed by atoms with van der Waals surface area (Å²) in [4.78, 5) is 48.9. The minimum Gasteiger partial charge on any atom is -0.497 e. The molecule has 0 aliphatic carbocycles. The van der Waals surface area contributed by atoms with Gasteiger partial charge in [-0.15, -0.1) is 0 Å². The molecule has 0 spiro atoms. The van der Waals surface area contributed by atoms with E-state index in [0.717, 1.165) is 11.6 Å². The predicted molar refractivity (Wildman–Crippen MR) is 143 cm³/mol. The number of aliphatic carboxylic acids is 1. The van der Waals surface area contributed by atoms with Gasteiger partial charge in [-0.3, -0.25) is 19.4 Å². The van der Waals surface area contributed by atoms with Crippen LogP contribution in [0.2, 0.25) is 0 Å². The van der Waals surface area contributed by atoms with E-state index in [-0.39, 0.29) is 12.1 Å². The van der Waals surface area contributed by atoms with Gasteiger partial charge in [-0.25, -0.2) is 4.98 Å². The second-order valence-corrected chi connectivity index (χ2v) is 8.85. The molecule has 12 heteroatoms. The molecule has 1 unspecified atom stereocenters. The van der Waals surface area contributed by atoms with Crippen LogP contribution in [0.25, 0.3) is 10.9 Å². The molecule has 2 heterocycles. The number of nitrogens with zero attached hydrogens (tertiary/aromatic N) is 3. The van der Waals surface area contributed by atoms with Gasteiger partial charge in [0, 0.05) is 18.1 Å². The van der Waals surface area contributed by atoms with Gasteiger partial charge in [-0.2, -0.15) is 4.98 Å². The van der Waals surface area contributed by atoms with Crippen LogP contribution < -0.4 is 20.1 Å². The van der Waals surface area contributed by atoms with Crippen molar-refractivity contribution in [3.63, 3.8) is 0 Å². The lowest BCUT2D eigenvalue weighted by Gasteiger charge is -2.20. The van der Waals surface area contributed by atoms with Crippen LogP contribution in [0, 0.1) is 5.92 Å². The Bertz CT molecular complexity index is 1560. The number of aromatic hydroxyl groups is 1. The molecule has 4 N–H and O–H groups in total. The second-order valence-electron chi connectivity index (χ2n) is 8.85. The van der Waals surface area contributed by atoms with Crippen molar-refractivity contribution in [2.45, 2.75) is 13.0 Å². The zero-order valence-electron chi connectivity index (χ0n) is 21.9. The van der Waals surface area contributed by atoms with E-state index in [4.69, 9.17) is 19.6 Å². The minimum absolute atomic E-state index is 0.157. The fraction of sp³-hybridized carbons (Fsp3) is 0.214. The molecule has 2 aromatic heterocycles. The van der Waals surface area contributed by atoms with Crippen molar-refractivity contribution in [1.82, 2.24) is 25.6 Å². The maximum absolute atomic E-state index is 13.3. The van der Waals surface area contributed by atoms with Gasteiger partial charge >= 0.3 is 5.97 Å². The molecule has 4 rings (SSSR count). The molecular formula is C28H27N5O7. The van der Waals surface area contributed by atoms with Gasteiger partial charge in [0.05, 0.1) is 37.4 Å². The number of ether oxygens (including phenoxy) is 2. The summed E-state index contributed by atoms with van der Waals surface area (Å²) in [6.45, 7) is 1.27. The van der Waals surface area contributed by atoms with Gasteiger partial charge in [0.25, 0.3) is 11.8 Å². The van der Waals surface area contributed by atoms with E-state index in [1.807, 2.05) is 18.2 Å². The smallest absolute Gasteiger partial charge is 0.308 e. The summed E-state index contributed by atoms with van der Waals surface area (Å²) in [5.41, 5.74) is 1.64. The predicted octanol–water partition coefficient (Wildman–Crippen LogP) is 2.72. The molecule has 4 aromatic rings. The maximum Gasteiger partial charge on any atom is 0.308 e.